The number of hydrogen-bond acceptors (Lipinski definition) is 5. The lowest BCUT2D eigenvalue weighted by molar-refractivity contribution is -0.137. The van der Waals surface area contributed by atoms with Crippen LogP contribution in [0.25, 0.3) is 6.08 Å². The summed E-state index contributed by atoms with van der Waals surface area (Å²) in [5.41, 5.74) is 0.641. The van der Waals surface area contributed by atoms with E-state index in [2.05, 4.69) is 14.7 Å². The Balaban J connectivity index is 2.65. The average Bonchev–Trinajstić information content (AvgIpc) is 2.27. The molecule has 5 heteroatoms. The first-order valence-corrected chi connectivity index (χ1v) is 4.33. The lowest BCUT2D eigenvalue weighted by Gasteiger charge is -1.94. The Bertz CT molecular complexity index is 404. The molecule has 0 aliphatic carbocycles. The van der Waals surface area contributed by atoms with Crippen LogP contribution in [0.2, 0.25) is 0 Å². The van der Waals surface area contributed by atoms with Crippen LogP contribution in [0, 0.1) is 11.3 Å². The summed E-state index contributed by atoms with van der Waals surface area (Å²) < 4.78 is 4.69. The van der Waals surface area contributed by atoms with Gasteiger partial charge in [0.15, 0.2) is 0 Å². The van der Waals surface area contributed by atoms with E-state index in [1.165, 1.54) is 24.5 Å². The summed E-state index contributed by atoms with van der Waals surface area (Å²) in [5, 5.41) is 8.45. The molecule has 0 N–H and O–H groups in total. The number of aromatic nitrogens is 2. The number of rotatable bonds is 3. The van der Waals surface area contributed by atoms with Crippen LogP contribution in [0.3, 0.4) is 0 Å². The van der Waals surface area contributed by atoms with E-state index in [0.29, 0.717) is 12.2 Å². The quantitative estimate of drug-likeness (QED) is 0.539. The fraction of sp³-hybridized carbons (Fsp3) is 0.200. The summed E-state index contributed by atoms with van der Waals surface area (Å²) >= 11 is 0. The molecule has 0 amide bonds. The van der Waals surface area contributed by atoms with Gasteiger partial charge in [-0.25, -0.2) is 14.8 Å². The third kappa shape index (κ3) is 3.56. The molecule has 0 atom stereocenters. The zero-order valence-corrected chi connectivity index (χ0v) is 8.17. The second-order valence-electron chi connectivity index (χ2n) is 2.54. The highest BCUT2D eigenvalue weighted by Crippen LogP contribution is 1.98. The van der Waals surface area contributed by atoms with Gasteiger partial charge in [0.05, 0.1) is 6.61 Å². The number of esters is 1. The molecule has 0 fully saturated rings. The normalized spacial score (nSPS) is 9.87. The minimum Gasteiger partial charge on any atom is -0.463 e. The van der Waals surface area contributed by atoms with E-state index < -0.39 is 5.97 Å². The lowest BCUT2D eigenvalue weighted by atomic mass is 10.3. The molecule has 1 rings (SSSR count). The predicted octanol–water partition coefficient (Wildman–Crippen LogP) is 0.925. The number of ether oxygens (including phenoxy) is 1. The molecule has 0 radical (unpaired) electrons. The summed E-state index contributed by atoms with van der Waals surface area (Å²) in [6.07, 6.45) is 5.73. The summed E-state index contributed by atoms with van der Waals surface area (Å²) in [5.74, 6) is -0.315. The zero-order chi connectivity index (χ0) is 11.1. The first-order chi connectivity index (χ1) is 7.26. The Kier molecular flexibility index (Phi) is 3.98. The third-order valence-corrected chi connectivity index (χ3v) is 1.47. The Morgan fingerprint density at radius 2 is 2.27 bits per heavy atom. The van der Waals surface area contributed by atoms with Crippen LogP contribution in [0.5, 0.6) is 0 Å². The molecule has 1 aromatic rings. The van der Waals surface area contributed by atoms with Crippen molar-refractivity contribution in [1.82, 2.24) is 9.97 Å². The van der Waals surface area contributed by atoms with Crippen LogP contribution in [-0.4, -0.2) is 22.5 Å². The average molecular weight is 203 g/mol. The highest BCUT2D eigenvalue weighted by molar-refractivity contribution is 5.86. The second-order valence-corrected chi connectivity index (χ2v) is 2.54. The predicted molar refractivity (Wildman–Crippen MR) is 52.4 cm³/mol. The van der Waals surface area contributed by atoms with Crippen LogP contribution in [0.15, 0.2) is 18.5 Å². The molecule has 0 aromatic carbocycles. The first-order valence-electron chi connectivity index (χ1n) is 4.33. The van der Waals surface area contributed by atoms with Crippen LogP contribution >= 0.6 is 0 Å². The highest BCUT2D eigenvalue weighted by Gasteiger charge is 1.95. The largest absolute Gasteiger partial charge is 0.463 e. The smallest absolute Gasteiger partial charge is 0.330 e. The van der Waals surface area contributed by atoms with Crippen molar-refractivity contribution in [3.8, 4) is 6.07 Å². The molecule has 5 nitrogen and oxygen atoms in total. The Labute approximate surface area is 87.0 Å². The van der Waals surface area contributed by atoms with Gasteiger partial charge in [-0.1, -0.05) is 0 Å². The summed E-state index contributed by atoms with van der Waals surface area (Å²) in [7, 11) is 0. The fourth-order valence-corrected chi connectivity index (χ4v) is 0.836. The highest BCUT2D eigenvalue weighted by atomic mass is 16.5. The van der Waals surface area contributed by atoms with Gasteiger partial charge in [-0.05, 0) is 13.0 Å². The molecule has 0 saturated carbocycles. The summed E-state index contributed by atoms with van der Waals surface area (Å²) in [6.45, 7) is 2.07. The summed E-state index contributed by atoms with van der Waals surface area (Å²) in [6, 6.07) is 1.80. The van der Waals surface area contributed by atoms with Crippen LogP contribution in [0.4, 0.5) is 0 Å². The van der Waals surface area contributed by atoms with Crippen molar-refractivity contribution < 1.29 is 9.53 Å². The van der Waals surface area contributed by atoms with Gasteiger partial charge >= 0.3 is 5.97 Å². The van der Waals surface area contributed by atoms with Crippen molar-refractivity contribution in [1.29, 1.82) is 5.26 Å². The van der Waals surface area contributed by atoms with E-state index in [9.17, 15) is 4.79 Å². The van der Waals surface area contributed by atoms with Gasteiger partial charge in [0.1, 0.15) is 6.07 Å². The second kappa shape index (κ2) is 5.50. The lowest BCUT2D eigenvalue weighted by Crippen LogP contribution is -1.98. The van der Waals surface area contributed by atoms with E-state index in [4.69, 9.17) is 5.26 Å². The minimum absolute atomic E-state index is 0.100. The topological polar surface area (TPSA) is 75.9 Å². The van der Waals surface area contributed by atoms with Gasteiger partial charge in [-0.3, -0.25) is 0 Å². The molecule has 1 heterocycles. The molecule has 15 heavy (non-hydrogen) atoms. The zero-order valence-electron chi connectivity index (χ0n) is 8.17. The van der Waals surface area contributed by atoms with E-state index in [1.807, 2.05) is 0 Å². The van der Waals surface area contributed by atoms with Crippen molar-refractivity contribution in [2.75, 3.05) is 6.61 Å². The number of hydrogen-bond donors (Lipinski definition) is 0. The maximum Gasteiger partial charge on any atom is 0.330 e. The molecular formula is C10H9N3O2. The first kappa shape index (κ1) is 10.9. The van der Waals surface area contributed by atoms with E-state index in [1.54, 1.807) is 13.0 Å². The molecule has 0 spiro atoms. The fourth-order valence-electron chi connectivity index (χ4n) is 0.836. The molecule has 76 valence electrons. The Morgan fingerprint density at radius 1 is 1.60 bits per heavy atom. The maximum atomic E-state index is 10.9. The summed E-state index contributed by atoms with van der Waals surface area (Å²) in [4.78, 5) is 18.4. The van der Waals surface area contributed by atoms with Crippen molar-refractivity contribution in [3.63, 3.8) is 0 Å². The van der Waals surface area contributed by atoms with Crippen LogP contribution in [-0.2, 0) is 9.53 Å². The maximum absolute atomic E-state index is 10.9. The van der Waals surface area contributed by atoms with Crippen molar-refractivity contribution >= 4 is 12.0 Å². The standard InChI is InChI=1S/C10H9N3O2/c1-2-15-10(14)4-3-8-6-12-9(5-11)13-7-8/h3-4,6-7H,2H2,1H3/b4-3+. The molecule has 0 unspecified atom stereocenters. The minimum atomic E-state index is -0.415. The van der Waals surface area contributed by atoms with E-state index >= 15 is 0 Å². The van der Waals surface area contributed by atoms with Crippen LogP contribution in [0.1, 0.15) is 18.3 Å². The van der Waals surface area contributed by atoms with Crippen molar-refractivity contribution in [2.24, 2.45) is 0 Å². The number of carbonyl (C=O) groups is 1. The number of carbonyl (C=O) groups excluding carboxylic acids is 1. The van der Waals surface area contributed by atoms with Gasteiger partial charge in [0.2, 0.25) is 5.82 Å². The molecule has 0 saturated heterocycles. The molecule has 0 bridgehead atoms. The SMILES string of the molecule is CCOC(=O)/C=C/c1cnc(C#N)nc1. The Morgan fingerprint density at radius 3 is 2.80 bits per heavy atom. The van der Waals surface area contributed by atoms with Gasteiger partial charge in [-0.2, -0.15) is 5.26 Å². The van der Waals surface area contributed by atoms with Crippen LogP contribution < -0.4 is 0 Å². The third-order valence-electron chi connectivity index (χ3n) is 1.47. The molecule has 0 aliphatic heterocycles. The van der Waals surface area contributed by atoms with E-state index in [-0.39, 0.29) is 5.82 Å². The van der Waals surface area contributed by atoms with E-state index in [0.717, 1.165) is 0 Å². The van der Waals surface area contributed by atoms with Gasteiger partial charge in [-0.15, -0.1) is 0 Å². The van der Waals surface area contributed by atoms with Crippen molar-refractivity contribution in [3.05, 3.63) is 29.9 Å². The molecule has 1 aromatic heterocycles. The molecular weight excluding hydrogens is 194 g/mol. The number of nitriles is 1. The van der Waals surface area contributed by atoms with Crippen molar-refractivity contribution in [2.45, 2.75) is 6.92 Å². The Hall–Kier alpha value is -2.22. The van der Waals surface area contributed by atoms with Gasteiger partial charge in [0, 0.05) is 24.0 Å². The molecule has 0 aliphatic rings. The number of nitrogens with zero attached hydrogens (tertiary/aromatic N) is 3. The van der Waals surface area contributed by atoms with Gasteiger partial charge in [0.25, 0.3) is 0 Å². The monoisotopic (exact) mass is 203 g/mol. The van der Waals surface area contributed by atoms with Gasteiger partial charge < -0.3 is 4.74 Å².